The van der Waals surface area contributed by atoms with Crippen molar-refractivity contribution in [3.8, 4) is 23.0 Å². The third-order valence-electron chi connectivity index (χ3n) is 3.61. The molecule has 0 radical (unpaired) electrons. The lowest BCUT2D eigenvalue weighted by molar-refractivity contribution is 0.304. The highest BCUT2D eigenvalue weighted by Gasteiger charge is 2.05. The molecule has 0 aliphatic heterocycles. The molecule has 4 heteroatoms. The summed E-state index contributed by atoms with van der Waals surface area (Å²) in [5.41, 5.74) is 2.79. The van der Waals surface area contributed by atoms with Gasteiger partial charge in [-0.25, -0.2) is 4.39 Å². The van der Waals surface area contributed by atoms with Crippen LogP contribution in [-0.4, -0.2) is 5.11 Å². The SMILES string of the molecule is Cc1cc(O)cc(Oc2cc(C)cc(OCc3ccc(F)cc3)c2)c1. The van der Waals surface area contributed by atoms with Crippen molar-refractivity contribution < 1.29 is 19.0 Å². The van der Waals surface area contributed by atoms with Gasteiger partial charge in [-0.2, -0.15) is 0 Å². The molecule has 0 aliphatic rings. The molecule has 25 heavy (non-hydrogen) atoms. The van der Waals surface area contributed by atoms with Gasteiger partial charge >= 0.3 is 0 Å². The molecule has 1 N–H and O–H groups in total. The van der Waals surface area contributed by atoms with E-state index in [0.29, 0.717) is 23.9 Å². The number of phenolic OH excluding ortho intramolecular Hbond substituents is 1. The van der Waals surface area contributed by atoms with E-state index in [4.69, 9.17) is 9.47 Å². The number of hydrogen-bond donors (Lipinski definition) is 1. The van der Waals surface area contributed by atoms with Crippen LogP contribution in [0, 0.1) is 19.7 Å². The molecule has 0 amide bonds. The summed E-state index contributed by atoms with van der Waals surface area (Å²) in [6.45, 7) is 4.18. The molecule has 0 saturated heterocycles. The highest BCUT2D eigenvalue weighted by atomic mass is 19.1. The average Bonchev–Trinajstić information content (AvgIpc) is 2.53. The summed E-state index contributed by atoms with van der Waals surface area (Å²) in [6, 6.07) is 16.9. The first kappa shape index (κ1) is 16.8. The van der Waals surface area contributed by atoms with Crippen LogP contribution in [0.4, 0.5) is 4.39 Å². The quantitative estimate of drug-likeness (QED) is 0.666. The van der Waals surface area contributed by atoms with Gasteiger partial charge in [0.05, 0.1) is 0 Å². The summed E-state index contributed by atoms with van der Waals surface area (Å²) in [6.07, 6.45) is 0. The van der Waals surface area contributed by atoms with Crippen LogP contribution in [0.15, 0.2) is 60.7 Å². The van der Waals surface area contributed by atoms with Crippen molar-refractivity contribution in [2.24, 2.45) is 0 Å². The highest BCUT2D eigenvalue weighted by molar-refractivity contribution is 5.43. The predicted octanol–water partition coefficient (Wildman–Crippen LogP) is 5.52. The second-order valence-electron chi connectivity index (χ2n) is 6.00. The van der Waals surface area contributed by atoms with E-state index in [9.17, 15) is 9.50 Å². The normalized spacial score (nSPS) is 10.5. The predicted molar refractivity (Wildman–Crippen MR) is 94.8 cm³/mol. The molecular formula is C21H19FO3. The number of hydrogen-bond acceptors (Lipinski definition) is 3. The topological polar surface area (TPSA) is 38.7 Å². The Morgan fingerprint density at radius 3 is 2.08 bits per heavy atom. The van der Waals surface area contributed by atoms with Gasteiger partial charge in [-0.1, -0.05) is 12.1 Å². The molecule has 0 heterocycles. The highest BCUT2D eigenvalue weighted by Crippen LogP contribution is 2.30. The lowest BCUT2D eigenvalue weighted by Crippen LogP contribution is -1.96. The zero-order valence-corrected chi connectivity index (χ0v) is 14.1. The summed E-state index contributed by atoms with van der Waals surface area (Å²) in [5.74, 6) is 1.75. The Kier molecular flexibility index (Phi) is 4.89. The number of halogens is 1. The Morgan fingerprint density at radius 2 is 1.40 bits per heavy atom. The Morgan fingerprint density at radius 1 is 0.800 bits per heavy atom. The van der Waals surface area contributed by atoms with Crippen LogP contribution in [-0.2, 0) is 6.61 Å². The Hall–Kier alpha value is -3.01. The van der Waals surface area contributed by atoms with E-state index < -0.39 is 0 Å². The lowest BCUT2D eigenvalue weighted by Gasteiger charge is -2.12. The molecule has 128 valence electrons. The maximum Gasteiger partial charge on any atom is 0.131 e. The second-order valence-corrected chi connectivity index (χ2v) is 6.00. The molecule has 3 aromatic rings. The molecule has 0 atom stereocenters. The van der Waals surface area contributed by atoms with Crippen molar-refractivity contribution in [1.82, 2.24) is 0 Å². The van der Waals surface area contributed by atoms with Gasteiger partial charge in [-0.3, -0.25) is 0 Å². The number of rotatable bonds is 5. The summed E-state index contributed by atoms with van der Waals surface area (Å²) in [7, 11) is 0. The fourth-order valence-electron chi connectivity index (χ4n) is 2.53. The van der Waals surface area contributed by atoms with Crippen LogP contribution in [0.1, 0.15) is 16.7 Å². The van der Waals surface area contributed by atoms with Crippen molar-refractivity contribution >= 4 is 0 Å². The van der Waals surface area contributed by atoms with Crippen LogP contribution >= 0.6 is 0 Å². The van der Waals surface area contributed by atoms with Crippen LogP contribution < -0.4 is 9.47 Å². The van der Waals surface area contributed by atoms with Crippen molar-refractivity contribution in [3.63, 3.8) is 0 Å². The first-order valence-electron chi connectivity index (χ1n) is 7.95. The number of phenols is 1. The molecule has 0 spiro atoms. The molecule has 3 rings (SSSR count). The number of ether oxygens (including phenoxy) is 2. The third kappa shape index (κ3) is 4.73. The minimum Gasteiger partial charge on any atom is -0.508 e. The zero-order valence-electron chi connectivity index (χ0n) is 14.1. The van der Waals surface area contributed by atoms with E-state index in [1.807, 2.05) is 32.0 Å². The van der Waals surface area contributed by atoms with Crippen LogP contribution in [0.3, 0.4) is 0 Å². The molecule has 3 aromatic carbocycles. The number of aromatic hydroxyl groups is 1. The maximum absolute atomic E-state index is 12.9. The largest absolute Gasteiger partial charge is 0.508 e. The van der Waals surface area contributed by atoms with E-state index in [0.717, 1.165) is 16.7 Å². The monoisotopic (exact) mass is 338 g/mol. The smallest absolute Gasteiger partial charge is 0.131 e. The summed E-state index contributed by atoms with van der Waals surface area (Å²) in [5, 5.41) is 9.68. The number of aryl methyl sites for hydroxylation is 2. The van der Waals surface area contributed by atoms with Crippen molar-refractivity contribution in [3.05, 3.63) is 83.2 Å². The van der Waals surface area contributed by atoms with Gasteiger partial charge in [-0.05, 0) is 66.9 Å². The van der Waals surface area contributed by atoms with Gasteiger partial charge in [0.1, 0.15) is 35.4 Å². The fraction of sp³-hybridized carbons (Fsp3) is 0.143. The Labute approximate surface area is 146 Å². The van der Waals surface area contributed by atoms with E-state index >= 15 is 0 Å². The summed E-state index contributed by atoms with van der Waals surface area (Å²) in [4.78, 5) is 0. The minimum absolute atomic E-state index is 0.162. The van der Waals surface area contributed by atoms with Crippen LogP contribution in [0.2, 0.25) is 0 Å². The van der Waals surface area contributed by atoms with E-state index in [1.54, 1.807) is 30.3 Å². The van der Waals surface area contributed by atoms with Gasteiger partial charge in [0, 0.05) is 12.1 Å². The van der Waals surface area contributed by atoms with Gasteiger partial charge in [0.2, 0.25) is 0 Å². The van der Waals surface area contributed by atoms with Crippen molar-refractivity contribution in [2.45, 2.75) is 20.5 Å². The van der Waals surface area contributed by atoms with Gasteiger partial charge in [-0.15, -0.1) is 0 Å². The van der Waals surface area contributed by atoms with E-state index in [2.05, 4.69) is 0 Å². The van der Waals surface area contributed by atoms with Crippen LogP contribution in [0.5, 0.6) is 23.0 Å². The van der Waals surface area contributed by atoms with E-state index in [1.165, 1.54) is 12.1 Å². The first-order chi connectivity index (χ1) is 12.0. The van der Waals surface area contributed by atoms with E-state index in [-0.39, 0.29) is 11.6 Å². The van der Waals surface area contributed by atoms with Crippen molar-refractivity contribution in [2.75, 3.05) is 0 Å². The molecule has 0 aliphatic carbocycles. The Balaban J connectivity index is 1.74. The average molecular weight is 338 g/mol. The standard InChI is InChI=1S/C21H19FO3/c1-14-7-18(23)11-20(9-14)25-21-10-15(2)8-19(12-21)24-13-16-3-5-17(22)6-4-16/h3-12,23H,13H2,1-2H3. The Bertz CT molecular complexity index is 853. The maximum atomic E-state index is 12.9. The van der Waals surface area contributed by atoms with Gasteiger partial charge < -0.3 is 14.6 Å². The molecule has 0 bridgehead atoms. The summed E-state index contributed by atoms with van der Waals surface area (Å²) < 4.78 is 24.6. The molecular weight excluding hydrogens is 319 g/mol. The number of benzene rings is 3. The fourth-order valence-corrected chi connectivity index (χ4v) is 2.53. The molecule has 0 unspecified atom stereocenters. The minimum atomic E-state index is -0.267. The van der Waals surface area contributed by atoms with Gasteiger partial charge in [0.15, 0.2) is 0 Å². The van der Waals surface area contributed by atoms with Crippen LogP contribution in [0.25, 0.3) is 0 Å². The molecule has 0 saturated carbocycles. The first-order valence-corrected chi connectivity index (χ1v) is 7.95. The summed E-state index contributed by atoms with van der Waals surface area (Å²) >= 11 is 0. The van der Waals surface area contributed by atoms with Gasteiger partial charge in [0.25, 0.3) is 0 Å². The third-order valence-corrected chi connectivity index (χ3v) is 3.61. The van der Waals surface area contributed by atoms with Crippen molar-refractivity contribution in [1.29, 1.82) is 0 Å². The molecule has 0 fully saturated rings. The molecule has 0 aromatic heterocycles. The molecule has 3 nitrogen and oxygen atoms in total. The second kappa shape index (κ2) is 7.26. The zero-order chi connectivity index (χ0) is 17.8. The lowest BCUT2D eigenvalue weighted by atomic mass is 10.2.